The van der Waals surface area contributed by atoms with Crippen molar-refractivity contribution < 1.29 is 18.7 Å². The number of H-pyrrole nitrogens is 1. The summed E-state index contributed by atoms with van der Waals surface area (Å²) in [6, 6.07) is 11.3. The van der Waals surface area contributed by atoms with Crippen LogP contribution in [0.15, 0.2) is 47.3 Å². The maximum atomic E-state index is 14.1. The van der Waals surface area contributed by atoms with Crippen molar-refractivity contribution in [3.8, 4) is 5.75 Å². The zero-order chi connectivity index (χ0) is 22.8. The molecule has 2 heterocycles. The first-order valence-electron chi connectivity index (χ1n) is 9.76. The maximum absolute atomic E-state index is 14.1. The molecule has 1 unspecified atom stereocenters. The number of carbonyl (C=O) groups excluding carboxylic acids is 2. The fourth-order valence-electron chi connectivity index (χ4n) is 3.41. The van der Waals surface area contributed by atoms with E-state index in [2.05, 4.69) is 25.9 Å². The van der Waals surface area contributed by atoms with Gasteiger partial charge in [0.05, 0.1) is 24.3 Å². The SMILES string of the molecule is COc1ccc(Nc2nc3c(c(=O)[nH]2)C(C(=O)Nc2ccc(C)cc2F)CC(=O)N3)cc1. The Morgan fingerprint density at radius 3 is 2.62 bits per heavy atom. The standard InChI is InChI=1S/C22H20FN5O4/c1-11-3-8-16(15(23)9-11)25-20(30)14-10-17(29)26-19-18(14)21(31)28-22(27-19)24-12-4-6-13(32-2)7-5-12/h3-9,14H,10H2,1-2H3,(H,25,30)(H3,24,26,27,28,29,31). The van der Waals surface area contributed by atoms with Gasteiger partial charge >= 0.3 is 0 Å². The van der Waals surface area contributed by atoms with Gasteiger partial charge in [0.25, 0.3) is 5.56 Å². The molecule has 1 aliphatic rings. The van der Waals surface area contributed by atoms with Crippen LogP contribution < -0.4 is 26.2 Å². The van der Waals surface area contributed by atoms with Gasteiger partial charge in [-0.25, -0.2) is 4.39 Å². The van der Waals surface area contributed by atoms with Crippen molar-refractivity contribution in [1.82, 2.24) is 9.97 Å². The first-order chi connectivity index (χ1) is 15.3. The molecule has 0 aliphatic carbocycles. The van der Waals surface area contributed by atoms with Crippen LogP contribution in [-0.2, 0) is 9.59 Å². The van der Waals surface area contributed by atoms with E-state index in [0.29, 0.717) is 17.0 Å². The van der Waals surface area contributed by atoms with E-state index in [1.165, 1.54) is 12.1 Å². The van der Waals surface area contributed by atoms with Gasteiger partial charge in [-0.1, -0.05) is 6.07 Å². The molecule has 0 fully saturated rings. The van der Waals surface area contributed by atoms with Crippen LogP contribution in [0.1, 0.15) is 23.5 Å². The first-order valence-corrected chi connectivity index (χ1v) is 9.76. The van der Waals surface area contributed by atoms with Crippen molar-refractivity contribution in [3.05, 3.63) is 69.8 Å². The lowest BCUT2D eigenvalue weighted by Crippen LogP contribution is -2.36. The Morgan fingerprint density at radius 1 is 1.19 bits per heavy atom. The number of benzene rings is 2. The third-order valence-corrected chi connectivity index (χ3v) is 5.00. The molecule has 0 saturated carbocycles. The summed E-state index contributed by atoms with van der Waals surface area (Å²) in [5.74, 6) is -2.15. The topological polar surface area (TPSA) is 125 Å². The predicted molar refractivity (Wildman–Crippen MR) is 117 cm³/mol. The first kappa shape index (κ1) is 21.0. The molecule has 4 N–H and O–H groups in total. The summed E-state index contributed by atoms with van der Waals surface area (Å²) >= 11 is 0. The largest absolute Gasteiger partial charge is 0.497 e. The van der Waals surface area contributed by atoms with Crippen molar-refractivity contribution in [2.45, 2.75) is 19.3 Å². The molecule has 32 heavy (non-hydrogen) atoms. The number of anilines is 4. The minimum absolute atomic E-state index is 0.00917. The van der Waals surface area contributed by atoms with Crippen molar-refractivity contribution in [2.24, 2.45) is 0 Å². The Labute approximate surface area is 182 Å². The second kappa shape index (κ2) is 8.50. The third-order valence-electron chi connectivity index (χ3n) is 5.00. The van der Waals surface area contributed by atoms with Gasteiger partial charge in [-0.05, 0) is 48.9 Å². The molecular formula is C22H20FN5O4. The molecule has 3 aromatic rings. The molecule has 1 aliphatic heterocycles. The fraction of sp³-hybridized carbons (Fsp3) is 0.182. The van der Waals surface area contributed by atoms with Crippen LogP contribution >= 0.6 is 0 Å². The Kier molecular flexibility index (Phi) is 5.59. The number of nitrogens with zero attached hydrogens (tertiary/aromatic N) is 1. The lowest BCUT2D eigenvalue weighted by atomic mass is 9.92. The molecule has 0 bridgehead atoms. The Hall–Kier alpha value is -4.21. The summed E-state index contributed by atoms with van der Waals surface area (Å²) in [5, 5.41) is 7.92. The van der Waals surface area contributed by atoms with Crippen molar-refractivity contribution in [1.29, 1.82) is 0 Å². The van der Waals surface area contributed by atoms with Gasteiger partial charge < -0.3 is 20.7 Å². The van der Waals surface area contributed by atoms with Crippen LogP contribution in [0, 0.1) is 12.7 Å². The second-order valence-corrected chi connectivity index (χ2v) is 7.31. The highest BCUT2D eigenvalue weighted by Gasteiger charge is 2.35. The second-order valence-electron chi connectivity index (χ2n) is 7.31. The Balaban J connectivity index is 1.62. The molecule has 1 aromatic heterocycles. The number of carbonyl (C=O) groups is 2. The van der Waals surface area contributed by atoms with Crippen molar-refractivity contribution >= 4 is 35.0 Å². The summed E-state index contributed by atoms with van der Waals surface area (Å²) < 4.78 is 19.3. The number of rotatable bonds is 5. The minimum atomic E-state index is -1.12. The molecule has 1 atom stereocenters. The third kappa shape index (κ3) is 4.29. The van der Waals surface area contributed by atoms with Crippen LogP contribution in [0.5, 0.6) is 5.75 Å². The average Bonchev–Trinajstić information content (AvgIpc) is 2.75. The quantitative estimate of drug-likeness (QED) is 0.486. The van der Waals surface area contributed by atoms with E-state index in [9.17, 15) is 18.8 Å². The number of hydrogen-bond donors (Lipinski definition) is 4. The van der Waals surface area contributed by atoms with E-state index in [0.717, 1.165) is 0 Å². The van der Waals surface area contributed by atoms with E-state index >= 15 is 0 Å². The number of halogens is 1. The van der Waals surface area contributed by atoms with Crippen molar-refractivity contribution in [3.63, 3.8) is 0 Å². The molecule has 164 valence electrons. The number of methoxy groups -OCH3 is 1. The molecule has 0 radical (unpaired) electrons. The number of aromatic amines is 1. The molecule has 0 spiro atoms. The van der Waals surface area contributed by atoms with Crippen LogP contribution in [0.4, 0.5) is 27.5 Å². The lowest BCUT2D eigenvalue weighted by Gasteiger charge is -2.23. The maximum Gasteiger partial charge on any atom is 0.258 e. The molecule has 10 heteroatoms. The number of fused-ring (bicyclic) bond motifs is 1. The average molecular weight is 437 g/mol. The minimum Gasteiger partial charge on any atom is -0.497 e. The van der Waals surface area contributed by atoms with Gasteiger partial charge in [0, 0.05) is 12.1 Å². The lowest BCUT2D eigenvalue weighted by molar-refractivity contribution is -0.123. The van der Waals surface area contributed by atoms with E-state index in [1.54, 1.807) is 44.4 Å². The molecule has 9 nitrogen and oxygen atoms in total. The zero-order valence-electron chi connectivity index (χ0n) is 17.3. The zero-order valence-corrected chi connectivity index (χ0v) is 17.3. The molecule has 2 amide bonds. The molecule has 2 aromatic carbocycles. The molecule has 0 saturated heterocycles. The normalized spacial score (nSPS) is 14.8. The molecule has 4 rings (SSSR count). The fourth-order valence-corrected chi connectivity index (χ4v) is 3.41. The van der Waals surface area contributed by atoms with Crippen LogP contribution in [0.2, 0.25) is 0 Å². The van der Waals surface area contributed by atoms with Gasteiger partial charge in [-0.15, -0.1) is 0 Å². The summed E-state index contributed by atoms with van der Waals surface area (Å²) in [5.41, 5.74) is 0.710. The summed E-state index contributed by atoms with van der Waals surface area (Å²) in [7, 11) is 1.55. The number of amides is 2. The van der Waals surface area contributed by atoms with E-state index < -0.39 is 29.1 Å². The molecular weight excluding hydrogens is 417 g/mol. The highest BCUT2D eigenvalue weighted by molar-refractivity contribution is 6.04. The summed E-state index contributed by atoms with van der Waals surface area (Å²) in [4.78, 5) is 44.7. The van der Waals surface area contributed by atoms with E-state index in [4.69, 9.17) is 4.74 Å². The van der Waals surface area contributed by atoms with Gasteiger partial charge in [-0.2, -0.15) is 4.98 Å². The smallest absolute Gasteiger partial charge is 0.258 e. The number of aromatic nitrogens is 2. The summed E-state index contributed by atoms with van der Waals surface area (Å²) in [6.07, 6.45) is -0.262. The highest BCUT2D eigenvalue weighted by Crippen LogP contribution is 2.30. The van der Waals surface area contributed by atoms with Gasteiger partial charge in [0.1, 0.15) is 17.4 Å². The summed E-state index contributed by atoms with van der Waals surface area (Å²) in [6.45, 7) is 1.72. The van der Waals surface area contributed by atoms with Crippen LogP contribution in [0.3, 0.4) is 0 Å². The predicted octanol–water partition coefficient (Wildman–Crippen LogP) is 3.03. The number of nitrogens with one attached hydrogen (secondary N) is 4. The number of aryl methyl sites for hydroxylation is 1. The number of hydrogen-bond acceptors (Lipinski definition) is 6. The Morgan fingerprint density at radius 2 is 1.94 bits per heavy atom. The van der Waals surface area contributed by atoms with E-state index in [1.807, 2.05) is 0 Å². The van der Waals surface area contributed by atoms with Gasteiger partial charge in [-0.3, -0.25) is 19.4 Å². The Bertz CT molecular complexity index is 1260. The van der Waals surface area contributed by atoms with Crippen LogP contribution in [0.25, 0.3) is 0 Å². The highest BCUT2D eigenvalue weighted by atomic mass is 19.1. The van der Waals surface area contributed by atoms with Crippen LogP contribution in [-0.4, -0.2) is 28.9 Å². The number of ether oxygens (including phenoxy) is 1. The van der Waals surface area contributed by atoms with Crippen molar-refractivity contribution in [2.75, 3.05) is 23.1 Å². The van der Waals surface area contributed by atoms with Gasteiger partial charge in [0.15, 0.2) is 0 Å². The monoisotopic (exact) mass is 437 g/mol. The van der Waals surface area contributed by atoms with E-state index in [-0.39, 0.29) is 29.4 Å². The van der Waals surface area contributed by atoms with Gasteiger partial charge in [0.2, 0.25) is 17.8 Å².